The third-order valence-corrected chi connectivity index (χ3v) is 15.5. The Hall–Kier alpha value is -7.06. The third kappa shape index (κ3) is 10.3. The average Bonchev–Trinajstić information content (AvgIpc) is 4.27. The molecule has 2 saturated carbocycles. The summed E-state index contributed by atoms with van der Waals surface area (Å²) in [4.78, 5) is 120. The summed E-state index contributed by atoms with van der Waals surface area (Å²) in [6, 6.07) is 26.6. The quantitative estimate of drug-likeness (QED) is 0.0279. The molecule has 4 aliphatic rings. The van der Waals surface area contributed by atoms with Crippen molar-refractivity contribution < 1.29 is 86.5 Å². The Balaban J connectivity index is 1.29. The molecule has 11 atom stereocenters. The fraction of sp³-hybridized carbons (Fsp3) is 0.400. The second kappa shape index (κ2) is 21.5. The lowest BCUT2D eigenvalue weighted by molar-refractivity contribution is -0.252. The Morgan fingerprint density at radius 3 is 2.04 bits per heavy atom. The highest BCUT2D eigenvalue weighted by Gasteiger charge is 2.82. The van der Waals surface area contributed by atoms with Gasteiger partial charge in [-0.1, -0.05) is 80.6 Å². The lowest BCUT2D eigenvalue weighted by Gasteiger charge is -2.60. The molecule has 402 valence electrons. The number of hydrogen-bond donors (Lipinski definition) is 6. The third-order valence-electron chi connectivity index (χ3n) is 15.1. The maximum atomic E-state index is 15.7. The number of carbonyl (C=O) groups is 7. The summed E-state index contributed by atoms with van der Waals surface area (Å²) in [5.41, 5.74) is -5.50. The molecule has 1 heterocycles. The van der Waals surface area contributed by atoms with Gasteiger partial charge in [-0.25, -0.2) is 9.59 Å². The Labute approximate surface area is 438 Å². The van der Waals surface area contributed by atoms with Crippen LogP contribution in [0.25, 0.3) is 0 Å². The smallest absolute Gasteiger partial charge is 0.391 e. The fourth-order valence-electron chi connectivity index (χ4n) is 11.2. The minimum Gasteiger partial charge on any atom is -0.455 e. The molecule has 76 heavy (non-hydrogen) atoms. The normalized spacial score (nSPS) is 27.9. The number of anilines is 1. The molecule has 1 aliphatic heterocycles. The van der Waals surface area contributed by atoms with E-state index in [0.29, 0.717) is 5.69 Å². The van der Waals surface area contributed by atoms with Crippen molar-refractivity contribution in [3.63, 3.8) is 0 Å². The number of ether oxygens (including phenoxy) is 6. The molecule has 1 amide bonds. The fourth-order valence-corrected chi connectivity index (χ4v) is 11.6. The van der Waals surface area contributed by atoms with E-state index < -0.39 is 134 Å². The van der Waals surface area contributed by atoms with Gasteiger partial charge in [0.1, 0.15) is 35.7 Å². The maximum absolute atomic E-state index is 15.7. The van der Waals surface area contributed by atoms with Crippen molar-refractivity contribution >= 4 is 55.8 Å². The molecule has 0 radical (unpaired) electrons. The van der Waals surface area contributed by atoms with Gasteiger partial charge in [-0.3, -0.25) is 24.0 Å². The van der Waals surface area contributed by atoms with Crippen LogP contribution < -0.4 is 15.2 Å². The summed E-state index contributed by atoms with van der Waals surface area (Å²) < 4.78 is 42.0. The van der Waals surface area contributed by atoms with Crippen LogP contribution in [0.2, 0.25) is 0 Å². The first-order valence-electron chi connectivity index (χ1n) is 24.4. The van der Waals surface area contributed by atoms with E-state index in [2.05, 4.69) is 10.6 Å². The van der Waals surface area contributed by atoms with Gasteiger partial charge >= 0.3 is 38.4 Å². The molecular formula is C55H59N2O18P. The first kappa shape index (κ1) is 55.2. The van der Waals surface area contributed by atoms with Gasteiger partial charge < -0.3 is 63.6 Å². The Morgan fingerprint density at radius 2 is 1.45 bits per heavy atom. The van der Waals surface area contributed by atoms with Crippen LogP contribution in [0.1, 0.15) is 92.3 Å². The Kier molecular flexibility index (Phi) is 15.6. The van der Waals surface area contributed by atoms with E-state index in [1.165, 1.54) is 64.1 Å². The Bertz CT molecular complexity index is 2940. The van der Waals surface area contributed by atoms with Gasteiger partial charge in [-0.15, -0.1) is 0 Å². The molecule has 3 aliphatic carbocycles. The van der Waals surface area contributed by atoms with Crippen LogP contribution in [0, 0.1) is 16.7 Å². The van der Waals surface area contributed by atoms with Crippen molar-refractivity contribution in [2.75, 3.05) is 12.4 Å². The predicted molar refractivity (Wildman–Crippen MR) is 268 cm³/mol. The van der Waals surface area contributed by atoms with E-state index >= 15 is 9.59 Å². The molecular weight excluding hydrogens is 1010 g/mol. The molecule has 0 unspecified atom stereocenters. The zero-order valence-corrected chi connectivity index (χ0v) is 43.5. The monoisotopic (exact) mass is 1070 g/mol. The van der Waals surface area contributed by atoms with Gasteiger partial charge in [0.25, 0.3) is 5.91 Å². The van der Waals surface area contributed by atoms with Gasteiger partial charge in [-0.05, 0) is 73.0 Å². The first-order chi connectivity index (χ1) is 36.0. The lowest BCUT2D eigenvalue weighted by Crippen LogP contribution is -2.74. The standard InChI is InChI=1S/C55H59N2O18P/c1-29-38(70-51(65)45(71-41(61)26-35-25-36(56-7)23-24-37(35)75-76(67)68)43(32-17-11-8-12-18-32)57-49(63)33-19-13-9-14-20-33)28-54(66)48(72-50(64)34-21-15-10-16-22-34)46-53(6,39(60)27-40-55(46,74-40)73-31(3)59)47(62)44(69-30(2)58)42(29)52(54,4)5/h8-25,38-40,43-46,48,56,60,66-68H,26-28H2,1-7H3,(H,57,63)/t38-,39-,40+,43-,44+,45+,46-,48-,53+,54+,55+/m0/s1. The highest BCUT2D eigenvalue weighted by molar-refractivity contribution is 7.39. The number of fused-ring (bicyclic) bond motifs is 5. The van der Waals surface area contributed by atoms with Crippen LogP contribution in [-0.4, -0.2) is 117 Å². The van der Waals surface area contributed by atoms with Gasteiger partial charge in [0.2, 0.25) is 11.9 Å². The lowest BCUT2D eigenvalue weighted by atomic mass is 9.47. The number of epoxide rings is 1. The largest absolute Gasteiger partial charge is 0.455 e. The van der Waals surface area contributed by atoms with E-state index in [9.17, 15) is 44.0 Å². The van der Waals surface area contributed by atoms with E-state index in [4.69, 9.17) is 32.9 Å². The number of nitrogens with one attached hydrogen (secondary N) is 2. The molecule has 3 fully saturated rings. The van der Waals surface area contributed by atoms with Crippen molar-refractivity contribution in [3.05, 3.63) is 143 Å². The molecule has 0 spiro atoms. The summed E-state index contributed by atoms with van der Waals surface area (Å²) in [5, 5.41) is 31.8. The van der Waals surface area contributed by atoms with Crippen LogP contribution in [0.3, 0.4) is 0 Å². The summed E-state index contributed by atoms with van der Waals surface area (Å²) in [6.45, 7) is 7.97. The van der Waals surface area contributed by atoms with Gasteiger partial charge in [-0.2, -0.15) is 0 Å². The van der Waals surface area contributed by atoms with Crippen LogP contribution in [0.15, 0.2) is 120 Å². The topological polar surface area (TPSA) is 292 Å². The molecule has 21 heteroatoms. The number of ketones is 1. The second-order valence-corrected chi connectivity index (χ2v) is 20.7. The highest BCUT2D eigenvalue weighted by atomic mass is 31.2. The number of aliphatic hydroxyl groups is 2. The number of amides is 1. The van der Waals surface area contributed by atoms with Crippen molar-refractivity contribution in [3.8, 4) is 5.75 Å². The second-order valence-electron chi connectivity index (χ2n) is 20.0. The highest BCUT2D eigenvalue weighted by Crippen LogP contribution is 2.67. The minimum atomic E-state index is -2.95. The Morgan fingerprint density at radius 1 is 0.829 bits per heavy atom. The zero-order chi connectivity index (χ0) is 55.1. The number of Topliss-reactive ketones (excluding diaryl/α,β-unsaturated/α-hetero) is 1. The molecule has 4 aromatic carbocycles. The number of rotatable bonds is 16. The van der Waals surface area contributed by atoms with Crippen LogP contribution in [-0.2, 0) is 58.8 Å². The zero-order valence-electron chi connectivity index (χ0n) is 42.6. The predicted octanol–water partition coefficient (Wildman–Crippen LogP) is 5.12. The first-order valence-corrected chi connectivity index (χ1v) is 25.6. The molecule has 2 bridgehead atoms. The van der Waals surface area contributed by atoms with Crippen LogP contribution in [0.5, 0.6) is 5.75 Å². The molecule has 4 aromatic rings. The van der Waals surface area contributed by atoms with Crippen molar-refractivity contribution in [2.24, 2.45) is 16.7 Å². The molecule has 1 saturated heterocycles. The van der Waals surface area contributed by atoms with Crippen molar-refractivity contribution in [1.29, 1.82) is 0 Å². The number of aliphatic hydroxyl groups excluding tert-OH is 1. The number of hydrogen-bond acceptors (Lipinski definition) is 19. The summed E-state index contributed by atoms with van der Waals surface area (Å²) in [7, 11) is -1.34. The van der Waals surface area contributed by atoms with Gasteiger partial charge in [0.15, 0.2) is 11.9 Å². The van der Waals surface area contributed by atoms with E-state index in [1.54, 1.807) is 79.8 Å². The summed E-state index contributed by atoms with van der Waals surface area (Å²) in [6.07, 6.45) is -11.9. The average molecular weight is 1070 g/mol. The molecule has 6 N–H and O–H groups in total. The van der Waals surface area contributed by atoms with Gasteiger partial charge in [0, 0.05) is 56.0 Å². The maximum Gasteiger partial charge on any atom is 0.391 e. The van der Waals surface area contributed by atoms with Crippen LogP contribution in [0.4, 0.5) is 5.69 Å². The van der Waals surface area contributed by atoms with E-state index in [-0.39, 0.29) is 45.6 Å². The SMILES string of the molecule is CNc1ccc(OP(O)O)c(CC(=O)O[C@@H](C(=O)O[C@H]2C[C@@]3(O)[C@@H](OC(=O)c4ccccc4)[C@@H]4[C@]5(OC(C)=O)O[C@@H]5C[C@H](O)[C@@]4(C)C(=O)[C@H](OC(C)=O)C(=C2C)C3(C)C)[C@@H](NC(=O)c2ccccc2)c2ccccc2)c1. The van der Waals surface area contributed by atoms with Crippen molar-refractivity contribution in [2.45, 2.75) is 115 Å². The summed E-state index contributed by atoms with van der Waals surface area (Å²) in [5.74, 6) is -10.8. The molecule has 8 rings (SSSR count). The molecule has 20 nitrogen and oxygen atoms in total. The van der Waals surface area contributed by atoms with E-state index in [0.717, 1.165) is 13.8 Å². The van der Waals surface area contributed by atoms with Crippen LogP contribution >= 0.6 is 8.60 Å². The summed E-state index contributed by atoms with van der Waals surface area (Å²) >= 11 is 0. The molecule has 0 aromatic heterocycles. The minimum absolute atomic E-state index is 0.00714. The number of benzene rings is 4. The number of esters is 5. The van der Waals surface area contributed by atoms with Gasteiger partial charge in [0.05, 0.1) is 29.4 Å². The van der Waals surface area contributed by atoms with E-state index in [1.807, 2.05) is 0 Å². The number of carbonyl (C=O) groups excluding carboxylic acids is 7. The van der Waals surface area contributed by atoms with Crippen molar-refractivity contribution in [1.82, 2.24) is 5.32 Å².